The van der Waals surface area contributed by atoms with Crippen LogP contribution in [0, 0.1) is 11.3 Å². The third-order valence-electron chi connectivity index (χ3n) is 4.49. The molecule has 7 heteroatoms. The van der Waals surface area contributed by atoms with Crippen molar-refractivity contribution in [3.05, 3.63) is 29.6 Å². The first-order valence-corrected chi connectivity index (χ1v) is 8.28. The Kier molecular flexibility index (Phi) is 5.09. The van der Waals surface area contributed by atoms with Crippen molar-refractivity contribution in [2.24, 2.45) is 0 Å². The van der Waals surface area contributed by atoms with Crippen LogP contribution in [-0.2, 0) is 4.74 Å². The molecular formula is C17H22N4O3. The maximum atomic E-state index is 12.7. The number of pyridine rings is 1. The highest BCUT2D eigenvalue weighted by atomic mass is 16.5. The fourth-order valence-electron chi connectivity index (χ4n) is 3.31. The number of rotatable bonds is 3. The lowest BCUT2D eigenvalue weighted by molar-refractivity contribution is -0.0524. The smallest absolute Gasteiger partial charge is 0.255 e. The van der Waals surface area contributed by atoms with E-state index < -0.39 is 5.60 Å². The lowest BCUT2D eigenvalue weighted by Gasteiger charge is -2.34. The van der Waals surface area contributed by atoms with Crippen LogP contribution in [0.15, 0.2) is 18.3 Å². The molecule has 0 aliphatic carbocycles. The normalized spacial score (nSPS) is 25.2. The molecular weight excluding hydrogens is 308 g/mol. The number of ether oxygens (including phenoxy) is 1. The molecule has 7 nitrogen and oxygen atoms in total. The van der Waals surface area contributed by atoms with Gasteiger partial charge in [-0.25, -0.2) is 4.98 Å². The summed E-state index contributed by atoms with van der Waals surface area (Å²) in [5.41, 5.74) is -0.369. The number of aliphatic hydroxyl groups is 1. The molecule has 128 valence electrons. The van der Waals surface area contributed by atoms with Crippen molar-refractivity contribution in [3.63, 3.8) is 0 Å². The summed E-state index contributed by atoms with van der Waals surface area (Å²) in [4.78, 5) is 20.5. The Hall–Kier alpha value is -2.01. The van der Waals surface area contributed by atoms with Crippen LogP contribution < -0.4 is 0 Å². The van der Waals surface area contributed by atoms with E-state index in [9.17, 15) is 9.90 Å². The molecule has 1 atom stereocenters. The molecule has 2 aliphatic rings. The molecule has 3 rings (SSSR count). The molecule has 2 fully saturated rings. The predicted octanol–water partition coefficient (Wildman–Crippen LogP) is 0.253. The van der Waals surface area contributed by atoms with Gasteiger partial charge in [0.1, 0.15) is 17.4 Å². The summed E-state index contributed by atoms with van der Waals surface area (Å²) in [5, 5.41) is 19.7. The van der Waals surface area contributed by atoms with Gasteiger partial charge >= 0.3 is 0 Å². The minimum Gasteiger partial charge on any atom is -0.384 e. The van der Waals surface area contributed by atoms with E-state index in [2.05, 4.69) is 9.88 Å². The predicted molar refractivity (Wildman–Crippen MR) is 86.3 cm³/mol. The highest BCUT2D eigenvalue weighted by molar-refractivity contribution is 5.94. The van der Waals surface area contributed by atoms with E-state index in [-0.39, 0.29) is 24.8 Å². The Labute approximate surface area is 141 Å². The number of carbonyl (C=O) groups is 1. The van der Waals surface area contributed by atoms with Crippen LogP contribution in [-0.4, -0.2) is 77.3 Å². The molecule has 0 saturated carbocycles. The summed E-state index contributed by atoms with van der Waals surface area (Å²) in [5.74, 6) is -0.197. The van der Waals surface area contributed by atoms with Gasteiger partial charge in [0.2, 0.25) is 0 Å². The van der Waals surface area contributed by atoms with Crippen LogP contribution in [0.4, 0.5) is 0 Å². The number of hydrogen-bond donors (Lipinski definition) is 1. The summed E-state index contributed by atoms with van der Waals surface area (Å²) < 4.78 is 5.54. The summed E-state index contributed by atoms with van der Waals surface area (Å²) in [6.07, 6.45) is 3.71. The monoisotopic (exact) mass is 330 g/mol. The molecule has 1 aromatic rings. The van der Waals surface area contributed by atoms with Crippen LogP contribution in [0.3, 0.4) is 0 Å². The second kappa shape index (κ2) is 7.26. The van der Waals surface area contributed by atoms with Gasteiger partial charge < -0.3 is 19.6 Å². The van der Waals surface area contributed by atoms with Crippen molar-refractivity contribution < 1.29 is 14.6 Å². The largest absolute Gasteiger partial charge is 0.384 e. The van der Waals surface area contributed by atoms with Crippen LogP contribution >= 0.6 is 0 Å². The number of nitrogens with zero attached hydrogens (tertiary/aromatic N) is 4. The van der Waals surface area contributed by atoms with Gasteiger partial charge in [0, 0.05) is 19.3 Å². The van der Waals surface area contributed by atoms with Crippen molar-refractivity contribution >= 4 is 5.91 Å². The third kappa shape index (κ3) is 3.90. The van der Waals surface area contributed by atoms with E-state index in [0.29, 0.717) is 25.3 Å². The molecule has 0 spiro atoms. The number of β-amino-alcohol motifs (C(OH)–C–C–N with tert-alkyl or cyclic N) is 1. The van der Waals surface area contributed by atoms with Crippen molar-refractivity contribution in [2.75, 3.05) is 45.9 Å². The molecule has 2 aliphatic heterocycles. The minimum atomic E-state index is -1.06. The zero-order valence-electron chi connectivity index (χ0n) is 13.6. The summed E-state index contributed by atoms with van der Waals surface area (Å²) in [7, 11) is 0. The maximum Gasteiger partial charge on any atom is 0.255 e. The number of hydrogen-bond acceptors (Lipinski definition) is 6. The van der Waals surface area contributed by atoms with E-state index in [1.165, 1.54) is 12.3 Å². The molecule has 1 aromatic heterocycles. The molecule has 1 N–H and O–H groups in total. The first kappa shape index (κ1) is 16.8. The average molecular weight is 330 g/mol. The van der Waals surface area contributed by atoms with Crippen molar-refractivity contribution in [1.29, 1.82) is 5.26 Å². The van der Waals surface area contributed by atoms with Crippen LogP contribution in [0.1, 0.15) is 28.9 Å². The second-order valence-electron chi connectivity index (χ2n) is 6.53. The Morgan fingerprint density at radius 2 is 2.17 bits per heavy atom. The fourth-order valence-corrected chi connectivity index (χ4v) is 3.31. The molecule has 0 bridgehead atoms. The zero-order valence-corrected chi connectivity index (χ0v) is 13.6. The van der Waals surface area contributed by atoms with Gasteiger partial charge in [-0.2, -0.15) is 5.26 Å². The van der Waals surface area contributed by atoms with Gasteiger partial charge in [-0.3, -0.25) is 4.79 Å². The van der Waals surface area contributed by atoms with E-state index in [1.54, 1.807) is 11.0 Å². The highest BCUT2D eigenvalue weighted by Gasteiger charge is 2.36. The van der Waals surface area contributed by atoms with Crippen molar-refractivity contribution in [2.45, 2.75) is 18.4 Å². The number of nitriles is 1. The van der Waals surface area contributed by atoms with E-state index in [4.69, 9.17) is 10.00 Å². The highest BCUT2D eigenvalue weighted by Crippen LogP contribution is 2.19. The lowest BCUT2D eigenvalue weighted by Crippen LogP contribution is -2.53. The number of likely N-dealkylation sites (tertiary alicyclic amines) is 1. The first-order valence-electron chi connectivity index (χ1n) is 8.28. The van der Waals surface area contributed by atoms with Crippen LogP contribution in [0.5, 0.6) is 0 Å². The van der Waals surface area contributed by atoms with Crippen LogP contribution in [0.25, 0.3) is 0 Å². The van der Waals surface area contributed by atoms with Gasteiger partial charge in [0.05, 0.1) is 25.3 Å². The molecule has 0 aromatic carbocycles. The van der Waals surface area contributed by atoms with Crippen molar-refractivity contribution in [3.8, 4) is 6.07 Å². The second-order valence-corrected chi connectivity index (χ2v) is 6.53. The SMILES string of the molecule is N#Cc1ccc(C(=O)N2CCOC[C@@](O)(CN3CCCC3)C2)cn1. The number of aromatic nitrogens is 1. The standard InChI is InChI=1S/C17H22N4O3/c18-9-15-4-3-14(10-19-15)16(22)21-7-8-24-13-17(23,12-21)11-20-5-1-2-6-20/h3-4,10,23H,1-2,5-8,11-13H2/t17-/m1/s1. The van der Waals surface area contributed by atoms with Gasteiger partial charge in [0.25, 0.3) is 5.91 Å². The number of carbonyl (C=O) groups excluding carboxylic acids is 1. The van der Waals surface area contributed by atoms with E-state index in [0.717, 1.165) is 25.9 Å². The summed E-state index contributed by atoms with van der Waals surface area (Å²) in [6, 6.07) is 5.06. The number of amides is 1. The summed E-state index contributed by atoms with van der Waals surface area (Å²) in [6.45, 7) is 3.79. The first-order chi connectivity index (χ1) is 11.6. The Morgan fingerprint density at radius 1 is 1.38 bits per heavy atom. The van der Waals surface area contributed by atoms with Gasteiger partial charge in [0.15, 0.2) is 0 Å². The van der Waals surface area contributed by atoms with E-state index in [1.807, 2.05) is 6.07 Å². The zero-order chi connectivity index (χ0) is 17.0. The molecule has 0 radical (unpaired) electrons. The lowest BCUT2D eigenvalue weighted by atomic mass is 10.0. The molecule has 3 heterocycles. The van der Waals surface area contributed by atoms with Gasteiger partial charge in [-0.15, -0.1) is 0 Å². The van der Waals surface area contributed by atoms with Crippen molar-refractivity contribution in [1.82, 2.24) is 14.8 Å². The summed E-state index contributed by atoms with van der Waals surface area (Å²) >= 11 is 0. The van der Waals surface area contributed by atoms with Gasteiger partial charge in [-0.1, -0.05) is 0 Å². The van der Waals surface area contributed by atoms with E-state index >= 15 is 0 Å². The van der Waals surface area contributed by atoms with Crippen LogP contribution in [0.2, 0.25) is 0 Å². The molecule has 0 unspecified atom stereocenters. The third-order valence-corrected chi connectivity index (χ3v) is 4.49. The van der Waals surface area contributed by atoms with Gasteiger partial charge in [-0.05, 0) is 38.1 Å². The molecule has 2 saturated heterocycles. The Balaban J connectivity index is 1.71. The fraction of sp³-hybridized carbons (Fsp3) is 0.588. The molecule has 24 heavy (non-hydrogen) atoms. The maximum absolute atomic E-state index is 12.7. The Morgan fingerprint density at radius 3 is 2.83 bits per heavy atom. The topological polar surface area (TPSA) is 89.7 Å². The minimum absolute atomic E-state index is 0.197. The average Bonchev–Trinajstić information content (AvgIpc) is 3.01. The molecule has 1 amide bonds. The Bertz CT molecular complexity index is 622. The quantitative estimate of drug-likeness (QED) is 0.855.